The lowest BCUT2D eigenvalue weighted by Gasteiger charge is -2.08. The van der Waals surface area contributed by atoms with Crippen LogP contribution in [0.1, 0.15) is 18.1 Å². The van der Waals surface area contributed by atoms with Gasteiger partial charge >= 0.3 is 0 Å². The molecule has 1 aromatic carbocycles. The van der Waals surface area contributed by atoms with Gasteiger partial charge in [0.1, 0.15) is 0 Å². The van der Waals surface area contributed by atoms with Crippen LogP contribution in [0.4, 0.5) is 5.69 Å². The molecule has 0 saturated carbocycles. The van der Waals surface area contributed by atoms with Gasteiger partial charge in [-0.25, -0.2) is 0 Å². The van der Waals surface area contributed by atoms with Crippen molar-refractivity contribution >= 4 is 23.2 Å². The topological polar surface area (TPSA) is 29.1 Å². The molecule has 1 rings (SSSR count). The lowest BCUT2D eigenvalue weighted by Crippen LogP contribution is -2.06. The maximum absolute atomic E-state index is 10.8. The molecule has 0 radical (unpaired) electrons. The molecule has 70 valence electrons. The van der Waals surface area contributed by atoms with Gasteiger partial charge in [0.25, 0.3) is 0 Å². The quantitative estimate of drug-likeness (QED) is 0.737. The van der Waals surface area contributed by atoms with Crippen LogP contribution in [-0.4, -0.2) is 5.91 Å². The van der Waals surface area contributed by atoms with E-state index >= 15 is 0 Å². The largest absolute Gasteiger partial charge is 0.325 e. The lowest BCUT2D eigenvalue weighted by atomic mass is 10.1. The van der Waals surface area contributed by atoms with Crippen LogP contribution in [-0.2, 0) is 4.79 Å². The van der Waals surface area contributed by atoms with Crippen LogP contribution in [0.3, 0.4) is 0 Å². The van der Waals surface area contributed by atoms with Crippen molar-refractivity contribution < 1.29 is 4.79 Å². The maximum atomic E-state index is 10.8. The zero-order valence-corrected chi connectivity index (χ0v) is 8.70. The first-order valence-corrected chi connectivity index (χ1v) is 4.43. The van der Waals surface area contributed by atoms with Gasteiger partial charge in [0.2, 0.25) is 5.91 Å². The molecule has 0 spiro atoms. The van der Waals surface area contributed by atoms with Gasteiger partial charge in [0.05, 0.1) is 10.7 Å². The summed E-state index contributed by atoms with van der Waals surface area (Å²) >= 11 is 5.99. The minimum atomic E-state index is -0.105. The Hall–Kier alpha value is -1.02. The van der Waals surface area contributed by atoms with E-state index in [0.29, 0.717) is 10.7 Å². The molecule has 2 nitrogen and oxygen atoms in total. The number of nitrogens with one attached hydrogen (secondary N) is 1. The molecular weight excluding hydrogens is 186 g/mol. The molecule has 13 heavy (non-hydrogen) atoms. The summed E-state index contributed by atoms with van der Waals surface area (Å²) in [5.41, 5.74) is 2.75. The predicted molar refractivity (Wildman–Crippen MR) is 55.2 cm³/mol. The van der Waals surface area contributed by atoms with Crippen LogP contribution in [0, 0.1) is 13.8 Å². The standard InChI is InChI=1S/C10H12ClNO/c1-6-4-7(2)10(11)9(5-6)12-8(3)13/h4-5H,1-3H3,(H,12,13). The van der Waals surface area contributed by atoms with E-state index in [1.54, 1.807) is 0 Å². The maximum Gasteiger partial charge on any atom is 0.221 e. The molecule has 0 bridgehead atoms. The number of hydrogen-bond acceptors (Lipinski definition) is 1. The summed E-state index contributed by atoms with van der Waals surface area (Å²) in [5, 5.41) is 3.30. The molecule has 0 aliphatic heterocycles. The second-order valence-electron chi connectivity index (χ2n) is 3.12. The average Bonchev–Trinajstić information content (AvgIpc) is 1.98. The Labute approximate surface area is 82.9 Å². The first-order valence-electron chi connectivity index (χ1n) is 4.05. The molecule has 0 aliphatic rings. The third kappa shape index (κ3) is 2.46. The summed E-state index contributed by atoms with van der Waals surface area (Å²) in [4.78, 5) is 10.8. The Bertz CT molecular complexity index is 347. The van der Waals surface area contributed by atoms with E-state index in [4.69, 9.17) is 11.6 Å². The number of carbonyl (C=O) groups is 1. The molecule has 0 saturated heterocycles. The molecule has 0 fully saturated rings. The van der Waals surface area contributed by atoms with Crippen molar-refractivity contribution in [1.82, 2.24) is 0 Å². The summed E-state index contributed by atoms with van der Waals surface area (Å²) in [6.07, 6.45) is 0. The number of aryl methyl sites for hydroxylation is 2. The summed E-state index contributed by atoms with van der Waals surface area (Å²) in [5.74, 6) is -0.105. The van der Waals surface area contributed by atoms with E-state index in [1.165, 1.54) is 6.92 Å². The number of amides is 1. The van der Waals surface area contributed by atoms with Gasteiger partial charge in [-0.05, 0) is 31.0 Å². The molecule has 1 N–H and O–H groups in total. The molecule has 0 unspecified atom stereocenters. The van der Waals surface area contributed by atoms with E-state index in [1.807, 2.05) is 26.0 Å². The number of hydrogen-bond donors (Lipinski definition) is 1. The first kappa shape index (κ1) is 10.1. The molecule has 0 aliphatic carbocycles. The van der Waals surface area contributed by atoms with Crippen molar-refractivity contribution in [1.29, 1.82) is 0 Å². The Morgan fingerprint density at radius 2 is 2.00 bits per heavy atom. The normalized spacial score (nSPS) is 9.85. The van der Waals surface area contributed by atoms with Gasteiger partial charge in [-0.3, -0.25) is 4.79 Å². The second kappa shape index (κ2) is 3.79. The fourth-order valence-electron chi connectivity index (χ4n) is 1.23. The van der Waals surface area contributed by atoms with Gasteiger partial charge in [0, 0.05) is 6.92 Å². The fourth-order valence-corrected chi connectivity index (χ4v) is 1.39. The average molecular weight is 198 g/mol. The smallest absolute Gasteiger partial charge is 0.221 e. The van der Waals surface area contributed by atoms with Gasteiger partial charge in [-0.1, -0.05) is 17.7 Å². The van der Waals surface area contributed by atoms with Crippen molar-refractivity contribution in [2.24, 2.45) is 0 Å². The third-order valence-electron chi connectivity index (χ3n) is 1.71. The first-order chi connectivity index (χ1) is 6.00. The minimum absolute atomic E-state index is 0.105. The van der Waals surface area contributed by atoms with Crippen LogP contribution < -0.4 is 5.32 Å². The monoisotopic (exact) mass is 197 g/mol. The zero-order valence-electron chi connectivity index (χ0n) is 7.94. The molecule has 3 heteroatoms. The minimum Gasteiger partial charge on any atom is -0.325 e. The zero-order chi connectivity index (χ0) is 10.0. The van der Waals surface area contributed by atoms with Crippen molar-refractivity contribution in [3.8, 4) is 0 Å². The summed E-state index contributed by atoms with van der Waals surface area (Å²) in [6.45, 7) is 5.35. The van der Waals surface area contributed by atoms with E-state index in [2.05, 4.69) is 5.32 Å². The Balaban J connectivity index is 3.12. The number of benzene rings is 1. The second-order valence-corrected chi connectivity index (χ2v) is 3.50. The van der Waals surface area contributed by atoms with Crippen molar-refractivity contribution in [2.45, 2.75) is 20.8 Å². The van der Waals surface area contributed by atoms with Crippen LogP contribution in [0.15, 0.2) is 12.1 Å². The molecule has 1 amide bonds. The highest BCUT2D eigenvalue weighted by Gasteiger charge is 2.05. The van der Waals surface area contributed by atoms with Gasteiger partial charge in [-0.2, -0.15) is 0 Å². The van der Waals surface area contributed by atoms with E-state index < -0.39 is 0 Å². The van der Waals surface area contributed by atoms with Crippen LogP contribution in [0.5, 0.6) is 0 Å². The summed E-state index contributed by atoms with van der Waals surface area (Å²) in [6, 6.07) is 3.84. The Morgan fingerprint density at radius 3 is 2.54 bits per heavy atom. The predicted octanol–water partition coefficient (Wildman–Crippen LogP) is 2.92. The number of halogens is 1. The van der Waals surface area contributed by atoms with Crippen LogP contribution in [0.2, 0.25) is 5.02 Å². The van der Waals surface area contributed by atoms with Crippen molar-refractivity contribution in [3.05, 3.63) is 28.3 Å². The lowest BCUT2D eigenvalue weighted by molar-refractivity contribution is -0.114. The van der Waals surface area contributed by atoms with E-state index in [0.717, 1.165) is 11.1 Å². The highest BCUT2D eigenvalue weighted by molar-refractivity contribution is 6.34. The van der Waals surface area contributed by atoms with Crippen LogP contribution in [0.25, 0.3) is 0 Å². The van der Waals surface area contributed by atoms with Crippen molar-refractivity contribution in [3.63, 3.8) is 0 Å². The number of carbonyl (C=O) groups excluding carboxylic acids is 1. The Kier molecular flexibility index (Phi) is 2.94. The van der Waals surface area contributed by atoms with Gasteiger partial charge < -0.3 is 5.32 Å². The molecule has 0 aromatic heterocycles. The molecular formula is C10H12ClNO. The number of rotatable bonds is 1. The highest BCUT2D eigenvalue weighted by atomic mass is 35.5. The third-order valence-corrected chi connectivity index (χ3v) is 2.21. The van der Waals surface area contributed by atoms with Crippen LogP contribution >= 0.6 is 11.6 Å². The van der Waals surface area contributed by atoms with E-state index in [9.17, 15) is 4.79 Å². The van der Waals surface area contributed by atoms with Crippen molar-refractivity contribution in [2.75, 3.05) is 5.32 Å². The molecule has 0 heterocycles. The SMILES string of the molecule is CC(=O)Nc1cc(C)cc(C)c1Cl. The summed E-state index contributed by atoms with van der Waals surface area (Å²) in [7, 11) is 0. The van der Waals surface area contributed by atoms with Gasteiger partial charge in [-0.15, -0.1) is 0 Å². The highest BCUT2D eigenvalue weighted by Crippen LogP contribution is 2.26. The molecule has 1 aromatic rings. The Morgan fingerprint density at radius 1 is 1.38 bits per heavy atom. The van der Waals surface area contributed by atoms with Gasteiger partial charge in [0.15, 0.2) is 0 Å². The molecule has 0 atom stereocenters. The summed E-state index contributed by atoms with van der Waals surface area (Å²) < 4.78 is 0. The number of anilines is 1. The van der Waals surface area contributed by atoms with E-state index in [-0.39, 0.29) is 5.91 Å². The fraction of sp³-hybridized carbons (Fsp3) is 0.300.